The average molecular weight is 661 g/mol. The molecule has 0 bridgehead atoms. The first-order valence-corrected chi connectivity index (χ1v) is 15.1. The Morgan fingerprint density at radius 1 is 1.04 bits per heavy atom. The van der Waals surface area contributed by atoms with Crippen molar-refractivity contribution in [3.63, 3.8) is 0 Å². The molecule has 2 aliphatic rings. The van der Waals surface area contributed by atoms with E-state index in [2.05, 4.69) is 25.0 Å². The third-order valence-electron chi connectivity index (χ3n) is 7.05. The van der Waals surface area contributed by atoms with E-state index >= 15 is 4.39 Å². The fourth-order valence-electron chi connectivity index (χ4n) is 4.78. The van der Waals surface area contributed by atoms with E-state index in [4.69, 9.17) is 4.74 Å². The number of rotatable bonds is 9. The standard InChI is InChI=1S/C31H29F5N6O3S/c1-17(2)23-13-12-22(44-3)16-24(23)42-14-15-46-30(42)39-29(43)37-26(33)25(32)18-4-6-19(7-5-18)27-38-28(41-40-27)20-8-10-21(11-9-20)45-31(34,35)36/h4-13,16-17,25-26,28H,14-15H2,1-3H3,(H,37,43). The smallest absolute Gasteiger partial charge is 0.497 e. The Bertz CT molecular complexity index is 1650. The van der Waals surface area contributed by atoms with Gasteiger partial charge in [0, 0.05) is 35.2 Å². The molecule has 0 spiro atoms. The Morgan fingerprint density at radius 3 is 2.39 bits per heavy atom. The average Bonchev–Trinajstić information content (AvgIpc) is 3.70. The highest BCUT2D eigenvalue weighted by atomic mass is 32.2. The van der Waals surface area contributed by atoms with Crippen LogP contribution in [-0.4, -0.2) is 49.1 Å². The largest absolute Gasteiger partial charge is 0.573 e. The molecule has 3 atom stereocenters. The van der Waals surface area contributed by atoms with Crippen LogP contribution in [-0.2, 0) is 0 Å². The molecular weight excluding hydrogens is 631 g/mol. The molecule has 1 fully saturated rings. The first-order valence-electron chi connectivity index (χ1n) is 14.1. The zero-order chi connectivity index (χ0) is 33.0. The number of amides is 2. The zero-order valence-electron chi connectivity index (χ0n) is 24.8. The Hall–Kier alpha value is -4.53. The van der Waals surface area contributed by atoms with Gasteiger partial charge in [-0.2, -0.15) is 10.1 Å². The van der Waals surface area contributed by atoms with Crippen LogP contribution >= 0.6 is 11.8 Å². The summed E-state index contributed by atoms with van der Waals surface area (Å²) >= 11 is 1.34. The number of thioether (sulfide) groups is 1. The minimum atomic E-state index is -4.81. The monoisotopic (exact) mass is 660 g/mol. The second kappa shape index (κ2) is 13.8. The Morgan fingerprint density at radius 2 is 1.74 bits per heavy atom. The number of nitrogens with zero attached hydrogens (tertiary/aromatic N) is 5. The van der Waals surface area contributed by atoms with Gasteiger partial charge in [0.2, 0.25) is 6.30 Å². The van der Waals surface area contributed by atoms with Gasteiger partial charge >= 0.3 is 12.4 Å². The Kier molecular flexibility index (Phi) is 9.89. The van der Waals surface area contributed by atoms with Crippen molar-refractivity contribution in [1.29, 1.82) is 0 Å². The number of benzene rings is 3. The molecule has 0 aromatic heterocycles. The molecule has 15 heteroatoms. The van der Waals surface area contributed by atoms with Crippen molar-refractivity contribution in [1.82, 2.24) is 5.32 Å². The lowest BCUT2D eigenvalue weighted by molar-refractivity contribution is -0.274. The summed E-state index contributed by atoms with van der Waals surface area (Å²) in [7, 11) is 1.56. The molecule has 0 radical (unpaired) electrons. The van der Waals surface area contributed by atoms with Gasteiger partial charge in [0.1, 0.15) is 11.5 Å². The number of anilines is 1. The summed E-state index contributed by atoms with van der Waals surface area (Å²) < 4.78 is 76.4. The SMILES string of the molecule is COc1ccc(C(C)C)c(N2CCSC2=NC(=O)NC(F)C(F)c2ccc(C3=NC(c4ccc(OC(F)(F)F)cc4)N=N3)cc2)c1. The molecule has 9 nitrogen and oxygen atoms in total. The third-order valence-corrected chi connectivity index (χ3v) is 8.00. The van der Waals surface area contributed by atoms with Crippen molar-refractivity contribution in [2.75, 3.05) is 24.3 Å². The van der Waals surface area contributed by atoms with E-state index in [1.165, 1.54) is 48.2 Å². The number of aliphatic imine (C=N–C) groups is 2. The van der Waals surface area contributed by atoms with Crippen LogP contribution < -0.4 is 19.7 Å². The van der Waals surface area contributed by atoms with Crippen molar-refractivity contribution in [2.24, 2.45) is 20.2 Å². The van der Waals surface area contributed by atoms with Gasteiger partial charge in [-0.1, -0.05) is 68.1 Å². The number of halogens is 5. The molecule has 1 saturated heterocycles. The van der Waals surface area contributed by atoms with E-state index in [-0.39, 0.29) is 23.1 Å². The molecular formula is C31H29F5N6O3S. The molecule has 1 N–H and O–H groups in total. The highest BCUT2D eigenvalue weighted by Gasteiger charge is 2.31. The predicted molar refractivity (Wildman–Crippen MR) is 165 cm³/mol. The second-order valence-electron chi connectivity index (χ2n) is 10.5. The zero-order valence-corrected chi connectivity index (χ0v) is 25.6. The second-order valence-corrected chi connectivity index (χ2v) is 11.6. The number of carbonyl (C=O) groups is 1. The molecule has 2 heterocycles. The highest BCUT2D eigenvalue weighted by molar-refractivity contribution is 8.14. The van der Waals surface area contributed by atoms with Crippen molar-refractivity contribution >= 4 is 34.5 Å². The minimum Gasteiger partial charge on any atom is -0.497 e. The van der Waals surface area contributed by atoms with Gasteiger partial charge in [0.15, 0.2) is 23.3 Å². The number of methoxy groups -OCH3 is 1. The van der Waals surface area contributed by atoms with E-state index < -0.39 is 31.0 Å². The van der Waals surface area contributed by atoms with Crippen LogP contribution in [0.3, 0.4) is 0 Å². The summed E-state index contributed by atoms with van der Waals surface area (Å²) in [6, 6.07) is 15.4. The maximum atomic E-state index is 15.1. The number of urea groups is 1. The number of hydrogen-bond donors (Lipinski definition) is 1. The molecule has 3 aromatic carbocycles. The first-order chi connectivity index (χ1) is 21.9. The number of alkyl halides is 5. The van der Waals surface area contributed by atoms with E-state index in [0.717, 1.165) is 23.4 Å². The quantitative estimate of drug-likeness (QED) is 0.184. The maximum absolute atomic E-state index is 15.1. The molecule has 0 aliphatic carbocycles. The summed E-state index contributed by atoms with van der Waals surface area (Å²) in [5.74, 6) is 1.31. The molecule has 242 valence electrons. The van der Waals surface area contributed by atoms with Gasteiger partial charge in [-0.25, -0.2) is 18.6 Å². The van der Waals surface area contributed by atoms with Crippen LogP contribution in [0.25, 0.3) is 0 Å². The third kappa shape index (κ3) is 7.81. The number of nitrogens with one attached hydrogen (secondary N) is 1. The molecule has 2 amide bonds. The van der Waals surface area contributed by atoms with Crippen LogP contribution in [0.1, 0.15) is 54.4 Å². The van der Waals surface area contributed by atoms with Gasteiger partial charge < -0.3 is 19.7 Å². The van der Waals surface area contributed by atoms with Crippen LogP contribution in [0.15, 0.2) is 86.9 Å². The van der Waals surface area contributed by atoms with Crippen LogP contribution in [0.2, 0.25) is 0 Å². The predicted octanol–water partition coefficient (Wildman–Crippen LogP) is 8.25. The van der Waals surface area contributed by atoms with Crippen molar-refractivity contribution < 1.29 is 36.2 Å². The maximum Gasteiger partial charge on any atom is 0.573 e. The fourth-order valence-corrected chi connectivity index (χ4v) is 5.73. The van der Waals surface area contributed by atoms with Crippen LogP contribution in [0.4, 0.5) is 32.4 Å². The lowest BCUT2D eigenvalue weighted by atomic mass is 10.00. The molecule has 5 rings (SSSR count). The van der Waals surface area contributed by atoms with Crippen molar-refractivity contribution in [2.45, 2.75) is 44.8 Å². The summed E-state index contributed by atoms with van der Waals surface area (Å²) in [6.45, 7) is 4.67. The molecule has 3 unspecified atom stereocenters. The molecule has 2 aliphatic heterocycles. The Labute approximate surface area is 265 Å². The normalized spacial score (nSPS) is 18.5. The van der Waals surface area contributed by atoms with Gasteiger partial charge in [0.05, 0.1) is 7.11 Å². The molecule has 0 saturated carbocycles. The van der Waals surface area contributed by atoms with Gasteiger partial charge in [-0.15, -0.1) is 18.3 Å². The summed E-state index contributed by atoms with van der Waals surface area (Å²) in [5.41, 5.74) is 2.77. The molecule has 46 heavy (non-hydrogen) atoms. The van der Waals surface area contributed by atoms with Gasteiger partial charge in [-0.05, 0) is 35.2 Å². The highest BCUT2D eigenvalue weighted by Crippen LogP contribution is 2.36. The van der Waals surface area contributed by atoms with E-state index in [1.54, 1.807) is 7.11 Å². The fraction of sp³-hybridized carbons (Fsp3) is 0.323. The van der Waals surface area contributed by atoms with Crippen molar-refractivity contribution in [3.05, 3.63) is 89.0 Å². The van der Waals surface area contributed by atoms with E-state index in [1.807, 2.05) is 42.3 Å². The number of azo groups is 1. The first kappa shape index (κ1) is 32.9. The lowest BCUT2D eigenvalue weighted by Gasteiger charge is -2.24. The number of ether oxygens (including phenoxy) is 2. The van der Waals surface area contributed by atoms with E-state index in [0.29, 0.717) is 34.3 Å². The minimum absolute atomic E-state index is 0.0358. The van der Waals surface area contributed by atoms with Crippen LogP contribution in [0, 0.1) is 0 Å². The van der Waals surface area contributed by atoms with Crippen molar-refractivity contribution in [3.8, 4) is 11.5 Å². The summed E-state index contributed by atoms with van der Waals surface area (Å²) in [5, 5.41) is 10.4. The lowest BCUT2D eigenvalue weighted by Crippen LogP contribution is -2.34. The number of amidine groups is 2. The summed E-state index contributed by atoms with van der Waals surface area (Å²) in [4.78, 5) is 22.9. The number of hydrogen-bond acceptors (Lipinski definition) is 7. The topological polar surface area (TPSA) is 100 Å². The van der Waals surface area contributed by atoms with Crippen LogP contribution in [0.5, 0.6) is 11.5 Å². The van der Waals surface area contributed by atoms with Gasteiger partial charge in [0.25, 0.3) is 0 Å². The molecule has 3 aromatic rings. The van der Waals surface area contributed by atoms with E-state index in [9.17, 15) is 22.4 Å². The Balaban J connectivity index is 1.21. The number of carbonyl (C=O) groups excluding carboxylic acids is 1. The summed E-state index contributed by atoms with van der Waals surface area (Å²) in [6.07, 6.45) is -10.2. The van der Waals surface area contributed by atoms with Gasteiger partial charge in [-0.3, -0.25) is 0 Å².